The van der Waals surface area contributed by atoms with Crippen molar-refractivity contribution in [2.45, 2.75) is 59.2 Å². The van der Waals surface area contributed by atoms with Crippen molar-refractivity contribution in [3.05, 3.63) is 21.4 Å². The molecule has 112 valence electrons. The number of thiophene rings is 1. The van der Waals surface area contributed by atoms with E-state index in [0.29, 0.717) is 0 Å². The van der Waals surface area contributed by atoms with Crippen LogP contribution >= 0.6 is 11.3 Å². The Kier molecular flexibility index (Phi) is 4.49. The van der Waals surface area contributed by atoms with Crippen molar-refractivity contribution in [1.82, 2.24) is 10.2 Å². The maximum atomic E-state index is 3.63. The van der Waals surface area contributed by atoms with E-state index in [1.54, 1.807) is 5.56 Å². The molecule has 2 nitrogen and oxygen atoms in total. The Morgan fingerprint density at radius 3 is 2.80 bits per heavy atom. The van der Waals surface area contributed by atoms with Gasteiger partial charge in [0.2, 0.25) is 0 Å². The molecule has 0 radical (unpaired) electrons. The van der Waals surface area contributed by atoms with Crippen molar-refractivity contribution >= 4 is 11.3 Å². The van der Waals surface area contributed by atoms with Gasteiger partial charge in [0.1, 0.15) is 0 Å². The number of rotatable bonds is 6. The van der Waals surface area contributed by atoms with E-state index in [1.807, 2.05) is 11.3 Å². The third-order valence-corrected chi connectivity index (χ3v) is 5.95. The van der Waals surface area contributed by atoms with Crippen LogP contribution in [0, 0.1) is 18.8 Å². The molecule has 1 aromatic rings. The van der Waals surface area contributed by atoms with Crippen LogP contribution in [0.5, 0.6) is 0 Å². The third-order valence-electron chi connectivity index (χ3n) is 4.86. The molecule has 2 fully saturated rings. The van der Waals surface area contributed by atoms with Gasteiger partial charge >= 0.3 is 0 Å². The van der Waals surface area contributed by atoms with Crippen LogP contribution in [-0.4, -0.2) is 24.0 Å². The van der Waals surface area contributed by atoms with Crippen molar-refractivity contribution in [2.75, 3.05) is 13.1 Å². The molecule has 0 spiro atoms. The third kappa shape index (κ3) is 3.63. The maximum Gasteiger partial charge on any atom is 0.0302 e. The zero-order valence-electron chi connectivity index (χ0n) is 13.1. The highest BCUT2D eigenvalue weighted by atomic mass is 32.1. The van der Waals surface area contributed by atoms with Crippen molar-refractivity contribution in [3.8, 4) is 0 Å². The van der Waals surface area contributed by atoms with Crippen LogP contribution in [0.2, 0.25) is 0 Å². The minimum Gasteiger partial charge on any atom is -0.309 e. The van der Waals surface area contributed by atoms with E-state index in [0.717, 1.165) is 31.0 Å². The fourth-order valence-corrected chi connectivity index (χ4v) is 4.16. The Morgan fingerprint density at radius 1 is 1.35 bits per heavy atom. The molecule has 1 aromatic heterocycles. The lowest BCUT2D eigenvalue weighted by Gasteiger charge is -2.17. The lowest BCUT2D eigenvalue weighted by atomic mass is 9.95. The molecule has 1 atom stereocenters. The largest absolute Gasteiger partial charge is 0.309 e. The second kappa shape index (κ2) is 6.17. The predicted molar refractivity (Wildman–Crippen MR) is 87.1 cm³/mol. The molecular weight excluding hydrogens is 264 g/mol. The Bertz CT molecular complexity index is 448. The van der Waals surface area contributed by atoms with Gasteiger partial charge in [0.05, 0.1) is 0 Å². The minimum absolute atomic E-state index is 0.811. The monoisotopic (exact) mass is 292 g/mol. The summed E-state index contributed by atoms with van der Waals surface area (Å²) >= 11 is 1.99. The van der Waals surface area contributed by atoms with Gasteiger partial charge in [-0.1, -0.05) is 13.8 Å². The van der Waals surface area contributed by atoms with E-state index < -0.39 is 0 Å². The molecule has 0 bridgehead atoms. The number of hydrogen-bond acceptors (Lipinski definition) is 3. The topological polar surface area (TPSA) is 15.3 Å². The van der Waals surface area contributed by atoms with E-state index in [4.69, 9.17) is 0 Å². The molecule has 1 aliphatic carbocycles. The summed E-state index contributed by atoms with van der Waals surface area (Å²) in [5.74, 6) is 1.74. The van der Waals surface area contributed by atoms with Crippen LogP contribution in [0.1, 0.15) is 48.4 Å². The van der Waals surface area contributed by atoms with Crippen molar-refractivity contribution in [3.63, 3.8) is 0 Å². The van der Waals surface area contributed by atoms with Crippen LogP contribution in [0.25, 0.3) is 0 Å². The average molecular weight is 292 g/mol. The van der Waals surface area contributed by atoms with Gasteiger partial charge < -0.3 is 5.32 Å². The van der Waals surface area contributed by atoms with Gasteiger partial charge in [-0.05, 0) is 56.2 Å². The van der Waals surface area contributed by atoms with Crippen LogP contribution in [0.3, 0.4) is 0 Å². The van der Waals surface area contributed by atoms with Gasteiger partial charge in [-0.3, -0.25) is 4.90 Å². The lowest BCUT2D eigenvalue weighted by molar-refractivity contribution is 0.296. The summed E-state index contributed by atoms with van der Waals surface area (Å²) in [6, 6.07) is 3.25. The molecule has 3 heteroatoms. The van der Waals surface area contributed by atoms with Gasteiger partial charge in [0.15, 0.2) is 0 Å². The van der Waals surface area contributed by atoms with E-state index in [2.05, 4.69) is 37.1 Å². The summed E-state index contributed by atoms with van der Waals surface area (Å²) in [6.07, 6.45) is 4.14. The number of likely N-dealkylation sites (tertiary alicyclic amines) is 1. The van der Waals surface area contributed by atoms with Crippen LogP contribution in [0.4, 0.5) is 0 Å². The van der Waals surface area contributed by atoms with E-state index >= 15 is 0 Å². The Morgan fingerprint density at radius 2 is 2.15 bits per heavy atom. The van der Waals surface area contributed by atoms with Crippen LogP contribution < -0.4 is 5.32 Å². The number of nitrogens with one attached hydrogen (secondary N) is 1. The van der Waals surface area contributed by atoms with Crippen LogP contribution in [0.15, 0.2) is 6.07 Å². The molecule has 2 aliphatic rings. The first-order valence-electron chi connectivity index (χ1n) is 8.15. The second-order valence-corrected chi connectivity index (χ2v) is 8.32. The Labute approximate surface area is 127 Å². The molecule has 1 saturated heterocycles. The maximum absolute atomic E-state index is 3.63. The molecule has 2 heterocycles. The smallest absolute Gasteiger partial charge is 0.0302 e. The zero-order chi connectivity index (χ0) is 14.1. The molecule has 1 saturated carbocycles. The lowest BCUT2D eigenvalue weighted by Crippen LogP contribution is -2.21. The number of aryl methyl sites for hydroxylation is 1. The molecule has 1 N–H and O–H groups in total. The summed E-state index contributed by atoms with van der Waals surface area (Å²) in [4.78, 5) is 5.69. The minimum atomic E-state index is 0.811. The molecule has 0 aromatic carbocycles. The standard InChI is InChI=1S/C17H28N2S/c1-12(2)14-6-7-19(10-14)11-15-8-17(20-13(15)3)9-18-16-4-5-16/h8,12,14,16,18H,4-7,9-11H2,1-3H3. The summed E-state index contributed by atoms with van der Waals surface area (Å²) in [5.41, 5.74) is 1.56. The fourth-order valence-electron chi connectivity index (χ4n) is 3.16. The first-order chi connectivity index (χ1) is 9.61. The van der Waals surface area contributed by atoms with Crippen molar-refractivity contribution in [2.24, 2.45) is 11.8 Å². The van der Waals surface area contributed by atoms with Gasteiger partial charge in [-0.25, -0.2) is 0 Å². The molecule has 0 amide bonds. The highest BCUT2D eigenvalue weighted by Crippen LogP contribution is 2.28. The summed E-state index contributed by atoms with van der Waals surface area (Å²) < 4.78 is 0. The van der Waals surface area contributed by atoms with Gasteiger partial charge in [0.25, 0.3) is 0 Å². The normalized spacial score (nSPS) is 23.9. The molecular formula is C17H28N2S. The Balaban J connectivity index is 1.54. The van der Waals surface area contributed by atoms with E-state index in [-0.39, 0.29) is 0 Å². The summed E-state index contributed by atoms with van der Waals surface area (Å²) in [7, 11) is 0. The molecule has 3 rings (SSSR count). The fraction of sp³-hybridized carbons (Fsp3) is 0.765. The average Bonchev–Trinajstić information content (AvgIpc) is 3.01. The van der Waals surface area contributed by atoms with Crippen LogP contribution in [-0.2, 0) is 13.1 Å². The van der Waals surface area contributed by atoms with Crippen molar-refractivity contribution in [1.29, 1.82) is 0 Å². The Hall–Kier alpha value is -0.380. The van der Waals surface area contributed by atoms with Crippen molar-refractivity contribution < 1.29 is 0 Å². The molecule has 20 heavy (non-hydrogen) atoms. The first-order valence-corrected chi connectivity index (χ1v) is 8.97. The second-order valence-electron chi connectivity index (χ2n) is 6.98. The highest BCUT2D eigenvalue weighted by Gasteiger charge is 2.25. The van der Waals surface area contributed by atoms with Gasteiger partial charge in [0, 0.05) is 35.4 Å². The highest BCUT2D eigenvalue weighted by molar-refractivity contribution is 7.12. The summed E-state index contributed by atoms with van der Waals surface area (Å²) in [5, 5.41) is 3.63. The summed E-state index contributed by atoms with van der Waals surface area (Å²) in [6.45, 7) is 11.8. The first kappa shape index (κ1) is 14.6. The SMILES string of the molecule is Cc1sc(CNC2CC2)cc1CN1CCC(C(C)C)C1. The molecule has 1 unspecified atom stereocenters. The number of nitrogens with zero attached hydrogens (tertiary/aromatic N) is 1. The zero-order valence-corrected chi connectivity index (χ0v) is 13.9. The van der Waals surface area contributed by atoms with Gasteiger partial charge in [-0.2, -0.15) is 0 Å². The quantitative estimate of drug-likeness (QED) is 0.858. The number of hydrogen-bond donors (Lipinski definition) is 1. The molecule has 1 aliphatic heterocycles. The van der Waals surface area contributed by atoms with E-state index in [1.165, 1.54) is 42.1 Å². The van der Waals surface area contributed by atoms with Gasteiger partial charge in [-0.15, -0.1) is 11.3 Å². The predicted octanol–water partition coefficient (Wildman–Crippen LogP) is 3.79. The van der Waals surface area contributed by atoms with E-state index in [9.17, 15) is 0 Å².